The maximum Gasteiger partial charge on any atom is 0.276 e. The van der Waals surface area contributed by atoms with Crippen LogP contribution in [0.3, 0.4) is 0 Å². The number of halogens is 1. The van der Waals surface area contributed by atoms with E-state index in [9.17, 15) is 4.79 Å². The molecule has 17 heavy (non-hydrogen) atoms. The molecule has 0 radical (unpaired) electrons. The molecule has 0 aliphatic carbocycles. The Morgan fingerprint density at radius 3 is 2.47 bits per heavy atom. The van der Waals surface area contributed by atoms with Gasteiger partial charge < -0.3 is 4.90 Å². The fourth-order valence-electron chi connectivity index (χ4n) is 1.44. The summed E-state index contributed by atoms with van der Waals surface area (Å²) in [5.41, 5.74) is 1.28. The molecule has 4 heteroatoms. The van der Waals surface area contributed by atoms with Gasteiger partial charge in [-0.05, 0) is 40.2 Å². The van der Waals surface area contributed by atoms with Gasteiger partial charge in [-0.25, -0.2) is 4.98 Å². The van der Waals surface area contributed by atoms with E-state index >= 15 is 0 Å². The second kappa shape index (κ2) is 5.10. The number of hydrogen-bond donors (Lipinski definition) is 0. The molecule has 0 aliphatic heterocycles. The maximum atomic E-state index is 12.1. The van der Waals surface area contributed by atoms with Crippen molar-refractivity contribution in [1.82, 2.24) is 4.98 Å². The Bertz CT molecular complexity index is 511. The molecule has 1 amide bonds. The Kier molecular flexibility index (Phi) is 3.54. The van der Waals surface area contributed by atoms with E-state index < -0.39 is 0 Å². The summed E-state index contributed by atoms with van der Waals surface area (Å²) in [6.45, 7) is 0. The van der Waals surface area contributed by atoms with E-state index in [1.54, 1.807) is 30.3 Å². The molecule has 0 unspecified atom stereocenters. The van der Waals surface area contributed by atoms with Crippen LogP contribution < -0.4 is 4.90 Å². The van der Waals surface area contributed by atoms with E-state index in [4.69, 9.17) is 0 Å². The molecule has 1 heterocycles. The lowest BCUT2D eigenvalue weighted by atomic mass is 10.2. The van der Waals surface area contributed by atoms with Gasteiger partial charge in [0.05, 0.1) is 0 Å². The summed E-state index contributed by atoms with van der Waals surface area (Å²) in [6, 6.07) is 13.0. The predicted molar refractivity (Wildman–Crippen MR) is 71.1 cm³/mol. The fourth-order valence-corrected chi connectivity index (χ4v) is 1.68. The summed E-state index contributed by atoms with van der Waals surface area (Å²) >= 11 is 3.29. The lowest BCUT2D eigenvalue weighted by molar-refractivity contribution is 0.0988. The normalized spacial score (nSPS) is 10.0. The zero-order chi connectivity index (χ0) is 12.3. The molecule has 0 saturated heterocycles. The highest BCUT2D eigenvalue weighted by Gasteiger charge is 2.13. The molecule has 0 N–H and O–H groups in total. The Labute approximate surface area is 108 Å². The van der Waals surface area contributed by atoms with Gasteiger partial charge in [0.25, 0.3) is 5.91 Å². The van der Waals surface area contributed by atoms with Gasteiger partial charge in [-0.15, -0.1) is 0 Å². The number of pyridine rings is 1. The van der Waals surface area contributed by atoms with Crippen LogP contribution in [0.25, 0.3) is 0 Å². The van der Waals surface area contributed by atoms with Crippen molar-refractivity contribution in [3.8, 4) is 0 Å². The van der Waals surface area contributed by atoms with E-state index in [2.05, 4.69) is 20.9 Å². The van der Waals surface area contributed by atoms with E-state index in [0.717, 1.165) is 10.2 Å². The van der Waals surface area contributed by atoms with Gasteiger partial charge in [0.15, 0.2) is 0 Å². The van der Waals surface area contributed by atoms with Crippen LogP contribution in [0, 0.1) is 0 Å². The summed E-state index contributed by atoms with van der Waals surface area (Å²) in [4.78, 5) is 17.8. The third-order valence-corrected chi connectivity index (χ3v) is 2.86. The van der Waals surface area contributed by atoms with Crippen molar-refractivity contribution in [2.75, 3.05) is 11.9 Å². The zero-order valence-electron chi connectivity index (χ0n) is 9.30. The average molecular weight is 291 g/mol. The fraction of sp³-hybridized carbons (Fsp3) is 0.0769. The number of carbonyl (C=O) groups is 1. The van der Waals surface area contributed by atoms with Crippen LogP contribution in [0.1, 0.15) is 10.5 Å². The molecule has 2 aromatic rings. The van der Waals surface area contributed by atoms with E-state index in [-0.39, 0.29) is 5.91 Å². The van der Waals surface area contributed by atoms with Crippen LogP contribution >= 0.6 is 15.9 Å². The second-order valence-electron chi connectivity index (χ2n) is 3.56. The first-order valence-electron chi connectivity index (χ1n) is 5.13. The number of carbonyl (C=O) groups excluding carboxylic acids is 1. The molecule has 1 aromatic carbocycles. The van der Waals surface area contributed by atoms with Gasteiger partial charge in [0.2, 0.25) is 0 Å². The highest BCUT2D eigenvalue weighted by molar-refractivity contribution is 9.10. The van der Waals surface area contributed by atoms with Gasteiger partial charge in [-0.1, -0.05) is 18.2 Å². The van der Waals surface area contributed by atoms with E-state index in [1.165, 1.54) is 0 Å². The Morgan fingerprint density at radius 1 is 1.18 bits per heavy atom. The van der Waals surface area contributed by atoms with Gasteiger partial charge in [0, 0.05) is 23.4 Å². The number of nitrogens with zero attached hydrogens (tertiary/aromatic N) is 2. The Balaban J connectivity index is 2.23. The number of amides is 1. The average Bonchev–Trinajstić information content (AvgIpc) is 2.39. The maximum absolute atomic E-state index is 12.1. The van der Waals surface area contributed by atoms with Crippen molar-refractivity contribution in [2.24, 2.45) is 0 Å². The highest BCUT2D eigenvalue weighted by Crippen LogP contribution is 2.15. The molecule has 0 atom stereocenters. The highest BCUT2D eigenvalue weighted by atomic mass is 79.9. The van der Waals surface area contributed by atoms with Crippen LogP contribution in [0.4, 0.5) is 5.69 Å². The Hall–Kier alpha value is -1.68. The molecule has 1 aromatic heterocycles. The molecule has 0 spiro atoms. The summed E-state index contributed by atoms with van der Waals surface area (Å²) in [5.74, 6) is -0.122. The van der Waals surface area contributed by atoms with Crippen LogP contribution in [-0.2, 0) is 0 Å². The molecular weight excluding hydrogens is 280 g/mol. The number of para-hydroxylation sites is 1. The first kappa shape index (κ1) is 11.8. The molecule has 2 rings (SSSR count). The largest absolute Gasteiger partial charge is 0.310 e. The van der Waals surface area contributed by atoms with Crippen LogP contribution in [-0.4, -0.2) is 17.9 Å². The van der Waals surface area contributed by atoms with Crippen molar-refractivity contribution in [1.29, 1.82) is 0 Å². The third kappa shape index (κ3) is 2.71. The summed E-state index contributed by atoms with van der Waals surface area (Å²) in [7, 11) is 1.74. The number of anilines is 1. The number of rotatable bonds is 2. The van der Waals surface area contributed by atoms with Gasteiger partial charge in [0.1, 0.15) is 5.69 Å². The van der Waals surface area contributed by atoms with Crippen LogP contribution in [0.15, 0.2) is 53.1 Å². The number of aromatic nitrogens is 1. The van der Waals surface area contributed by atoms with Crippen molar-refractivity contribution >= 4 is 27.5 Å². The minimum absolute atomic E-state index is 0.122. The van der Waals surface area contributed by atoms with E-state index in [0.29, 0.717) is 5.69 Å². The zero-order valence-corrected chi connectivity index (χ0v) is 10.9. The number of benzene rings is 1. The minimum atomic E-state index is -0.122. The summed E-state index contributed by atoms with van der Waals surface area (Å²) in [6.07, 6.45) is 1.62. The van der Waals surface area contributed by atoms with Crippen LogP contribution in [0.2, 0.25) is 0 Å². The first-order valence-corrected chi connectivity index (χ1v) is 5.92. The molecule has 0 bridgehead atoms. The van der Waals surface area contributed by atoms with Crippen molar-refractivity contribution in [2.45, 2.75) is 0 Å². The van der Waals surface area contributed by atoms with Crippen molar-refractivity contribution in [3.63, 3.8) is 0 Å². The summed E-state index contributed by atoms with van der Waals surface area (Å²) in [5, 5.41) is 0. The standard InChI is InChI=1S/C13H11BrN2O/c1-16(11-5-3-2-4-6-11)13(17)12-8-7-10(14)9-15-12/h2-9H,1H3. The minimum Gasteiger partial charge on any atom is -0.310 e. The topological polar surface area (TPSA) is 33.2 Å². The molecule has 0 saturated carbocycles. The lowest BCUT2D eigenvalue weighted by Gasteiger charge is -2.16. The van der Waals surface area contributed by atoms with Crippen LogP contribution in [0.5, 0.6) is 0 Å². The first-order chi connectivity index (χ1) is 8.18. The summed E-state index contributed by atoms with van der Waals surface area (Å²) < 4.78 is 0.858. The van der Waals surface area contributed by atoms with Crippen molar-refractivity contribution < 1.29 is 4.79 Å². The third-order valence-electron chi connectivity index (χ3n) is 2.39. The molecule has 0 aliphatic rings. The van der Waals surface area contributed by atoms with Crippen molar-refractivity contribution in [3.05, 3.63) is 58.8 Å². The van der Waals surface area contributed by atoms with E-state index in [1.807, 2.05) is 30.3 Å². The van der Waals surface area contributed by atoms with Gasteiger partial charge in [-0.3, -0.25) is 4.79 Å². The molecule has 0 fully saturated rings. The monoisotopic (exact) mass is 290 g/mol. The SMILES string of the molecule is CN(C(=O)c1ccc(Br)cn1)c1ccccc1. The molecule has 86 valence electrons. The second-order valence-corrected chi connectivity index (χ2v) is 4.48. The predicted octanol–water partition coefficient (Wildman–Crippen LogP) is 3.12. The molecular formula is C13H11BrN2O. The smallest absolute Gasteiger partial charge is 0.276 e. The van der Waals surface area contributed by atoms with Gasteiger partial charge >= 0.3 is 0 Å². The van der Waals surface area contributed by atoms with Gasteiger partial charge in [-0.2, -0.15) is 0 Å². The Morgan fingerprint density at radius 2 is 1.88 bits per heavy atom. The number of hydrogen-bond acceptors (Lipinski definition) is 2. The lowest BCUT2D eigenvalue weighted by Crippen LogP contribution is -2.26. The molecule has 3 nitrogen and oxygen atoms in total. The quantitative estimate of drug-likeness (QED) is 0.851.